The summed E-state index contributed by atoms with van der Waals surface area (Å²) in [5.74, 6) is -0.688. The smallest absolute Gasteiger partial charge is 0.304 e. The molecule has 0 saturated carbocycles. The second-order valence-corrected chi connectivity index (χ2v) is 5.69. The van der Waals surface area contributed by atoms with Crippen molar-refractivity contribution >= 4 is 5.97 Å². The second kappa shape index (κ2) is 7.65. The van der Waals surface area contributed by atoms with E-state index >= 15 is 0 Å². The average Bonchev–Trinajstić information content (AvgIpc) is 2.45. The maximum atomic E-state index is 10.5. The zero-order chi connectivity index (χ0) is 13.5. The van der Waals surface area contributed by atoms with Gasteiger partial charge in [0.1, 0.15) is 0 Å². The molecule has 1 N–H and O–H groups in total. The summed E-state index contributed by atoms with van der Waals surface area (Å²) in [7, 11) is 0. The molecule has 1 fully saturated rings. The molecule has 0 aromatic rings. The number of aliphatic carboxylic acids is 1. The Balaban J connectivity index is 1.60. The molecule has 108 valence electrons. The van der Waals surface area contributed by atoms with Crippen LogP contribution in [0.2, 0.25) is 0 Å². The standard InChI is InChI=1S/C15H26N2O2/c18-15(19)7-9-17-12-10-16(11-13-17)8-6-14-4-2-1-3-5-14/h4H,1-3,5-13H2,(H,18,19). The summed E-state index contributed by atoms with van der Waals surface area (Å²) in [6.07, 6.45) is 9.26. The lowest BCUT2D eigenvalue weighted by Gasteiger charge is -2.34. The molecular formula is C15H26N2O2. The van der Waals surface area contributed by atoms with E-state index in [2.05, 4.69) is 15.9 Å². The van der Waals surface area contributed by atoms with Gasteiger partial charge < -0.3 is 14.9 Å². The summed E-state index contributed by atoms with van der Waals surface area (Å²) >= 11 is 0. The van der Waals surface area contributed by atoms with Crippen molar-refractivity contribution in [2.75, 3.05) is 39.3 Å². The molecule has 0 bridgehead atoms. The molecular weight excluding hydrogens is 240 g/mol. The van der Waals surface area contributed by atoms with Gasteiger partial charge in [-0.15, -0.1) is 0 Å². The lowest BCUT2D eigenvalue weighted by atomic mass is 9.97. The van der Waals surface area contributed by atoms with E-state index in [0.29, 0.717) is 6.54 Å². The minimum atomic E-state index is -0.688. The number of hydrogen-bond donors (Lipinski definition) is 1. The Hall–Kier alpha value is -0.870. The predicted octanol–water partition coefficient (Wildman–Crippen LogP) is 1.97. The molecule has 0 unspecified atom stereocenters. The first-order valence-corrected chi connectivity index (χ1v) is 7.58. The summed E-state index contributed by atoms with van der Waals surface area (Å²) in [5.41, 5.74) is 1.65. The lowest BCUT2D eigenvalue weighted by molar-refractivity contribution is -0.137. The zero-order valence-corrected chi connectivity index (χ0v) is 11.8. The Kier molecular flexibility index (Phi) is 5.86. The Labute approximate surface area is 116 Å². The Morgan fingerprint density at radius 3 is 2.37 bits per heavy atom. The normalized spacial score (nSPS) is 22.2. The number of carboxylic acids is 1. The van der Waals surface area contributed by atoms with Gasteiger partial charge in [0.25, 0.3) is 0 Å². The van der Waals surface area contributed by atoms with E-state index in [1.807, 2.05) is 0 Å². The molecule has 1 saturated heterocycles. The van der Waals surface area contributed by atoms with E-state index in [0.717, 1.165) is 26.2 Å². The first kappa shape index (κ1) is 14.5. The lowest BCUT2D eigenvalue weighted by Crippen LogP contribution is -2.47. The number of hydrogen-bond acceptors (Lipinski definition) is 3. The topological polar surface area (TPSA) is 43.8 Å². The van der Waals surface area contributed by atoms with Gasteiger partial charge in [-0.2, -0.15) is 0 Å². The van der Waals surface area contributed by atoms with E-state index in [1.54, 1.807) is 5.57 Å². The largest absolute Gasteiger partial charge is 0.481 e. The third kappa shape index (κ3) is 5.33. The highest BCUT2D eigenvalue weighted by Crippen LogP contribution is 2.20. The molecule has 4 nitrogen and oxygen atoms in total. The van der Waals surface area contributed by atoms with Crippen LogP contribution < -0.4 is 0 Å². The molecule has 0 spiro atoms. The highest BCUT2D eigenvalue weighted by atomic mass is 16.4. The summed E-state index contributed by atoms with van der Waals surface area (Å²) in [4.78, 5) is 15.3. The van der Waals surface area contributed by atoms with Gasteiger partial charge in [-0.25, -0.2) is 0 Å². The second-order valence-electron chi connectivity index (χ2n) is 5.69. The molecule has 0 amide bonds. The van der Waals surface area contributed by atoms with Gasteiger partial charge in [0.05, 0.1) is 6.42 Å². The van der Waals surface area contributed by atoms with Crippen molar-refractivity contribution in [2.24, 2.45) is 0 Å². The quantitative estimate of drug-likeness (QED) is 0.747. The minimum absolute atomic E-state index is 0.271. The van der Waals surface area contributed by atoms with E-state index in [9.17, 15) is 4.79 Å². The van der Waals surface area contributed by atoms with E-state index in [4.69, 9.17) is 5.11 Å². The minimum Gasteiger partial charge on any atom is -0.481 e. The third-order valence-corrected chi connectivity index (χ3v) is 4.24. The number of carbonyl (C=O) groups is 1. The molecule has 1 aliphatic heterocycles. The number of piperazine rings is 1. The van der Waals surface area contributed by atoms with Crippen molar-refractivity contribution in [1.29, 1.82) is 0 Å². The van der Waals surface area contributed by atoms with Crippen LogP contribution in [0.1, 0.15) is 38.5 Å². The fourth-order valence-corrected chi connectivity index (χ4v) is 2.92. The zero-order valence-electron chi connectivity index (χ0n) is 11.8. The summed E-state index contributed by atoms with van der Waals surface area (Å²) in [6.45, 7) is 6.10. The predicted molar refractivity (Wildman–Crippen MR) is 76.3 cm³/mol. The Bertz CT molecular complexity index is 320. The maximum Gasteiger partial charge on any atom is 0.304 e. The fraction of sp³-hybridized carbons (Fsp3) is 0.800. The van der Waals surface area contributed by atoms with Crippen molar-refractivity contribution in [3.8, 4) is 0 Å². The van der Waals surface area contributed by atoms with Crippen LogP contribution in [0.5, 0.6) is 0 Å². The molecule has 2 aliphatic rings. The van der Waals surface area contributed by atoms with Crippen molar-refractivity contribution in [3.05, 3.63) is 11.6 Å². The van der Waals surface area contributed by atoms with Crippen LogP contribution in [0.25, 0.3) is 0 Å². The third-order valence-electron chi connectivity index (χ3n) is 4.24. The average molecular weight is 266 g/mol. The van der Waals surface area contributed by atoms with Crippen molar-refractivity contribution < 1.29 is 9.90 Å². The van der Waals surface area contributed by atoms with Crippen LogP contribution in [0.3, 0.4) is 0 Å². The number of carboxylic acid groups (broad SMARTS) is 1. The number of rotatable bonds is 6. The molecule has 2 rings (SSSR count). The molecule has 0 aromatic carbocycles. The highest BCUT2D eigenvalue weighted by molar-refractivity contribution is 5.66. The summed E-state index contributed by atoms with van der Waals surface area (Å²) < 4.78 is 0. The van der Waals surface area contributed by atoms with Crippen LogP contribution in [0.15, 0.2) is 11.6 Å². The van der Waals surface area contributed by atoms with Crippen molar-refractivity contribution in [3.63, 3.8) is 0 Å². The molecule has 4 heteroatoms. The van der Waals surface area contributed by atoms with Crippen LogP contribution in [-0.4, -0.2) is 60.1 Å². The van der Waals surface area contributed by atoms with Gasteiger partial charge in [-0.3, -0.25) is 4.79 Å². The first-order valence-electron chi connectivity index (χ1n) is 7.58. The van der Waals surface area contributed by atoms with Gasteiger partial charge in [-0.05, 0) is 32.1 Å². The van der Waals surface area contributed by atoms with E-state index in [1.165, 1.54) is 38.6 Å². The molecule has 19 heavy (non-hydrogen) atoms. The Morgan fingerprint density at radius 2 is 1.79 bits per heavy atom. The summed E-state index contributed by atoms with van der Waals surface area (Å²) in [6, 6.07) is 0. The fourth-order valence-electron chi connectivity index (χ4n) is 2.92. The van der Waals surface area contributed by atoms with Gasteiger partial charge in [-0.1, -0.05) is 11.6 Å². The van der Waals surface area contributed by atoms with Gasteiger partial charge in [0.15, 0.2) is 0 Å². The van der Waals surface area contributed by atoms with Crippen LogP contribution >= 0.6 is 0 Å². The van der Waals surface area contributed by atoms with Gasteiger partial charge in [0, 0.05) is 39.3 Å². The van der Waals surface area contributed by atoms with Gasteiger partial charge in [0.2, 0.25) is 0 Å². The molecule has 1 heterocycles. The number of nitrogens with zero attached hydrogens (tertiary/aromatic N) is 2. The molecule has 0 radical (unpaired) electrons. The van der Waals surface area contributed by atoms with E-state index in [-0.39, 0.29) is 6.42 Å². The monoisotopic (exact) mass is 266 g/mol. The molecule has 0 atom stereocenters. The van der Waals surface area contributed by atoms with Gasteiger partial charge >= 0.3 is 5.97 Å². The van der Waals surface area contributed by atoms with Crippen LogP contribution in [-0.2, 0) is 4.79 Å². The van der Waals surface area contributed by atoms with Crippen molar-refractivity contribution in [1.82, 2.24) is 9.80 Å². The van der Waals surface area contributed by atoms with Crippen molar-refractivity contribution in [2.45, 2.75) is 38.5 Å². The molecule has 0 aromatic heterocycles. The number of allylic oxidation sites excluding steroid dienone is 1. The molecule has 1 aliphatic carbocycles. The van der Waals surface area contributed by atoms with E-state index < -0.39 is 5.97 Å². The van der Waals surface area contributed by atoms with Crippen LogP contribution in [0.4, 0.5) is 0 Å². The Morgan fingerprint density at radius 1 is 1.11 bits per heavy atom. The first-order chi connectivity index (χ1) is 9.24. The van der Waals surface area contributed by atoms with Crippen LogP contribution in [0, 0.1) is 0 Å². The summed E-state index contributed by atoms with van der Waals surface area (Å²) in [5, 5.41) is 8.68. The maximum absolute atomic E-state index is 10.5. The SMILES string of the molecule is O=C(O)CCN1CCN(CCC2=CCCCC2)CC1. The highest BCUT2D eigenvalue weighted by Gasteiger charge is 2.17.